The second kappa shape index (κ2) is 7.79. The van der Waals surface area contributed by atoms with Crippen LogP contribution in [0, 0.1) is 0 Å². The van der Waals surface area contributed by atoms with Gasteiger partial charge in [-0.25, -0.2) is 4.98 Å². The van der Waals surface area contributed by atoms with E-state index in [2.05, 4.69) is 19.8 Å². The van der Waals surface area contributed by atoms with Gasteiger partial charge in [0.2, 0.25) is 0 Å². The van der Waals surface area contributed by atoms with Gasteiger partial charge in [-0.05, 0) is 32.0 Å². The zero-order valence-electron chi connectivity index (χ0n) is 17.1. The predicted molar refractivity (Wildman–Crippen MR) is 113 cm³/mol. The molecule has 1 aliphatic heterocycles. The van der Waals surface area contributed by atoms with E-state index in [0.29, 0.717) is 5.39 Å². The van der Waals surface area contributed by atoms with Crippen LogP contribution >= 0.6 is 0 Å². The Hall–Kier alpha value is -3.00. The molecule has 0 aliphatic carbocycles. The summed E-state index contributed by atoms with van der Waals surface area (Å²) >= 11 is 0. The lowest BCUT2D eigenvalue weighted by Crippen LogP contribution is -2.46. The highest BCUT2D eigenvalue weighted by molar-refractivity contribution is 5.81. The van der Waals surface area contributed by atoms with Crippen molar-refractivity contribution in [2.75, 3.05) is 31.1 Å². The predicted octanol–water partition coefficient (Wildman–Crippen LogP) is 1.39. The number of rotatable bonds is 4. The fourth-order valence-corrected chi connectivity index (χ4v) is 3.71. The van der Waals surface area contributed by atoms with Gasteiger partial charge in [-0.2, -0.15) is 0 Å². The van der Waals surface area contributed by atoms with E-state index in [-0.39, 0.29) is 17.2 Å². The van der Waals surface area contributed by atoms with Gasteiger partial charge in [0, 0.05) is 57.7 Å². The molecule has 2 aromatic heterocycles. The summed E-state index contributed by atoms with van der Waals surface area (Å²) in [6.07, 6.45) is 4.81. The minimum absolute atomic E-state index is 0.00568. The van der Waals surface area contributed by atoms with Gasteiger partial charge < -0.3 is 9.47 Å². The zero-order chi connectivity index (χ0) is 20.5. The van der Waals surface area contributed by atoms with Crippen LogP contribution in [-0.4, -0.2) is 50.2 Å². The first-order valence-corrected chi connectivity index (χ1v) is 9.92. The number of fused-ring (bicyclic) bond motifs is 1. The van der Waals surface area contributed by atoms with Crippen LogP contribution in [0.25, 0.3) is 10.9 Å². The summed E-state index contributed by atoms with van der Waals surface area (Å²) in [5, 5.41) is 0.657. The van der Waals surface area contributed by atoms with E-state index < -0.39 is 0 Å². The van der Waals surface area contributed by atoms with Crippen molar-refractivity contribution in [3.05, 3.63) is 63.3 Å². The molecule has 0 atom stereocenters. The number of hydrogen-bond acceptors (Lipinski definition) is 6. The second-order valence-electron chi connectivity index (χ2n) is 7.84. The van der Waals surface area contributed by atoms with Gasteiger partial charge in [0.15, 0.2) is 0 Å². The van der Waals surface area contributed by atoms with E-state index in [1.165, 1.54) is 6.20 Å². The Labute approximate surface area is 169 Å². The summed E-state index contributed by atoms with van der Waals surface area (Å²) in [6, 6.07) is 6.00. The van der Waals surface area contributed by atoms with Crippen LogP contribution < -0.4 is 16.0 Å². The van der Waals surface area contributed by atoms with Gasteiger partial charge in [-0.15, -0.1) is 0 Å². The fourth-order valence-electron chi connectivity index (χ4n) is 3.71. The first-order valence-electron chi connectivity index (χ1n) is 9.92. The minimum Gasteiger partial charge on any atom is -0.369 e. The molecule has 0 unspecified atom stereocenters. The van der Waals surface area contributed by atoms with Crippen LogP contribution in [0.3, 0.4) is 0 Å². The molecule has 0 amide bonds. The highest BCUT2D eigenvalue weighted by Gasteiger charge is 2.19. The monoisotopic (exact) mass is 394 g/mol. The number of benzene rings is 1. The molecule has 0 N–H and O–H groups in total. The summed E-state index contributed by atoms with van der Waals surface area (Å²) in [5.74, 6) is 0. The molecular weight excluding hydrogens is 368 g/mol. The van der Waals surface area contributed by atoms with Crippen LogP contribution in [0.15, 0.2) is 46.5 Å². The van der Waals surface area contributed by atoms with Crippen molar-refractivity contribution in [1.82, 2.24) is 24.0 Å². The number of hydrogen-bond donors (Lipinski definition) is 0. The maximum absolute atomic E-state index is 12.6. The van der Waals surface area contributed by atoms with Crippen LogP contribution in [0.5, 0.6) is 0 Å². The smallest absolute Gasteiger partial charge is 0.268 e. The van der Waals surface area contributed by atoms with Crippen molar-refractivity contribution in [1.29, 1.82) is 0 Å². The molecule has 0 spiro atoms. The van der Waals surface area contributed by atoms with E-state index >= 15 is 0 Å². The topological polar surface area (TPSA) is 76.3 Å². The van der Waals surface area contributed by atoms with Gasteiger partial charge in [0.05, 0.1) is 29.1 Å². The Kier molecular flexibility index (Phi) is 5.19. The molecule has 8 nitrogen and oxygen atoms in total. The molecule has 1 aliphatic rings. The summed E-state index contributed by atoms with van der Waals surface area (Å²) in [6.45, 7) is 8.28. The van der Waals surface area contributed by atoms with Gasteiger partial charge in [0.1, 0.15) is 0 Å². The van der Waals surface area contributed by atoms with Crippen molar-refractivity contribution in [2.24, 2.45) is 7.05 Å². The highest BCUT2D eigenvalue weighted by Crippen LogP contribution is 2.21. The average molecular weight is 394 g/mol. The van der Waals surface area contributed by atoms with Crippen molar-refractivity contribution in [2.45, 2.75) is 26.4 Å². The summed E-state index contributed by atoms with van der Waals surface area (Å²) < 4.78 is 3.22. The van der Waals surface area contributed by atoms with Crippen LogP contribution in [-0.2, 0) is 13.6 Å². The molecular formula is C21H26N6O2. The molecule has 1 fully saturated rings. The Balaban J connectivity index is 1.46. The van der Waals surface area contributed by atoms with Gasteiger partial charge in [0.25, 0.3) is 11.1 Å². The summed E-state index contributed by atoms with van der Waals surface area (Å²) in [7, 11) is 1.75. The SMILES string of the molecule is CC(C)n1cnc2cc(N3CCN(Cc4cn(C)c(=O)cn4)CC3)ccc2c1=O. The first kappa shape index (κ1) is 19.3. The third-order valence-electron chi connectivity index (χ3n) is 5.48. The highest BCUT2D eigenvalue weighted by atomic mass is 16.1. The quantitative estimate of drug-likeness (QED) is 0.666. The van der Waals surface area contributed by atoms with E-state index in [9.17, 15) is 9.59 Å². The standard InChI is InChI=1S/C21H26N6O2/c1-15(2)27-14-23-19-10-17(4-5-18(19)21(27)29)26-8-6-25(7-9-26)13-16-12-24(3)20(28)11-22-16/h4-5,10-12,14-15H,6-9,13H2,1-3H3. The Morgan fingerprint density at radius 1 is 1.07 bits per heavy atom. The normalized spacial score (nSPS) is 15.4. The lowest BCUT2D eigenvalue weighted by molar-refractivity contribution is 0.246. The molecule has 3 aromatic rings. The number of aromatic nitrogens is 4. The maximum atomic E-state index is 12.6. The molecule has 0 radical (unpaired) electrons. The molecule has 1 aromatic carbocycles. The lowest BCUT2D eigenvalue weighted by Gasteiger charge is -2.36. The second-order valence-corrected chi connectivity index (χ2v) is 7.84. The molecule has 1 saturated heterocycles. The van der Waals surface area contributed by atoms with Gasteiger partial charge >= 0.3 is 0 Å². The lowest BCUT2D eigenvalue weighted by atomic mass is 10.2. The molecule has 3 heterocycles. The Bertz CT molecular complexity index is 1140. The van der Waals surface area contributed by atoms with Crippen LogP contribution in [0.1, 0.15) is 25.6 Å². The Morgan fingerprint density at radius 3 is 2.52 bits per heavy atom. The largest absolute Gasteiger partial charge is 0.369 e. The Morgan fingerprint density at radius 2 is 1.83 bits per heavy atom. The number of anilines is 1. The van der Waals surface area contributed by atoms with E-state index in [1.54, 1.807) is 28.7 Å². The third-order valence-corrected chi connectivity index (χ3v) is 5.48. The molecule has 152 valence electrons. The van der Waals surface area contributed by atoms with Crippen LogP contribution in [0.4, 0.5) is 5.69 Å². The van der Waals surface area contributed by atoms with Gasteiger partial charge in [-0.3, -0.25) is 24.0 Å². The van der Waals surface area contributed by atoms with E-state index in [0.717, 1.165) is 49.6 Å². The molecule has 4 rings (SSSR count). The third kappa shape index (κ3) is 3.93. The zero-order valence-corrected chi connectivity index (χ0v) is 17.1. The summed E-state index contributed by atoms with van der Waals surface area (Å²) in [4.78, 5) is 37.5. The average Bonchev–Trinajstić information content (AvgIpc) is 2.71. The van der Waals surface area contributed by atoms with E-state index in [4.69, 9.17) is 0 Å². The summed E-state index contributed by atoms with van der Waals surface area (Å²) in [5.41, 5.74) is 2.64. The van der Waals surface area contributed by atoms with Crippen molar-refractivity contribution < 1.29 is 0 Å². The fraction of sp³-hybridized carbons (Fsp3) is 0.429. The van der Waals surface area contributed by atoms with Gasteiger partial charge in [-0.1, -0.05) is 0 Å². The molecule has 0 saturated carbocycles. The molecule has 29 heavy (non-hydrogen) atoms. The van der Waals surface area contributed by atoms with E-state index in [1.807, 2.05) is 32.0 Å². The molecule has 0 bridgehead atoms. The number of piperazine rings is 1. The molecule has 8 heteroatoms. The first-order chi connectivity index (χ1) is 13.9. The van der Waals surface area contributed by atoms with Crippen molar-refractivity contribution in [3.63, 3.8) is 0 Å². The van der Waals surface area contributed by atoms with Crippen molar-refractivity contribution >= 4 is 16.6 Å². The number of nitrogens with zero attached hydrogens (tertiary/aromatic N) is 6. The van der Waals surface area contributed by atoms with Crippen LogP contribution in [0.2, 0.25) is 0 Å². The maximum Gasteiger partial charge on any atom is 0.268 e. The number of aryl methyl sites for hydroxylation is 1. The minimum atomic E-state index is -0.0939. The van der Waals surface area contributed by atoms with Crippen molar-refractivity contribution in [3.8, 4) is 0 Å².